The fraction of sp³-hybridized carbons (Fsp3) is 0.385. The van der Waals surface area contributed by atoms with E-state index >= 15 is 0 Å². The van der Waals surface area contributed by atoms with Gasteiger partial charge in [-0.2, -0.15) is 0 Å². The Morgan fingerprint density at radius 3 is 1.48 bits per heavy atom. The van der Waals surface area contributed by atoms with E-state index in [2.05, 4.69) is 104 Å². The van der Waals surface area contributed by atoms with Crippen molar-refractivity contribution >= 4 is 18.4 Å². The molecule has 0 aromatic heterocycles. The van der Waals surface area contributed by atoms with Crippen LogP contribution in [0.5, 0.6) is 0 Å². The van der Waals surface area contributed by atoms with Gasteiger partial charge in [-0.15, -0.1) is 0 Å². The number of hydrogen-bond acceptors (Lipinski definition) is 0. The standard InChI is InChI=1S/C26H34Si/c1-18-12-19(2)15-22(14-18)27(8,23-16-20(3)13-21(4)17-23)25-11-9-10-24(25)26(5,6)7/h9-10,12-17H,11H2,1-8H3. The van der Waals surface area contributed by atoms with Crippen molar-refractivity contribution in [1.29, 1.82) is 0 Å². The van der Waals surface area contributed by atoms with Crippen molar-refractivity contribution in [3.63, 3.8) is 0 Å². The average molecular weight is 375 g/mol. The van der Waals surface area contributed by atoms with Gasteiger partial charge in [-0.3, -0.25) is 0 Å². The Labute approximate surface area is 167 Å². The van der Waals surface area contributed by atoms with Gasteiger partial charge >= 0.3 is 0 Å². The SMILES string of the molecule is Cc1cc(C)cc([Si](C)(C2=C(C(C)(C)C)C=CC2)c2cc(C)cc(C)c2)c1. The molecule has 0 saturated carbocycles. The molecule has 0 nitrogen and oxygen atoms in total. The van der Waals surface area contributed by atoms with Crippen LogP contribution in [-0.4, -0.2) is 8.07 Å². The number of aryl methyl sites for hydroxylation is 4. The molecule has 1 aliphatic rings. The first-order chi connectivity index (χ1) is 12.5. The molecule has 2 aromatic rings. The molecule has 0 radical (unpaired) electrons. The van der Waals surface area contributed by atoms with Gasteiger partial charge in [-0.1, -0.05) is 103 Å². The van der Waals surface area contributed by atoms with E-state index in [1.807, 2.05) is 0 Å². The van der Waals surface area contributed by atoms with E-state index in [-0.39, 0.29) is 5.41 Å². The largest absolute Gasteiger partial charge is 0.142 e. The normalized spacial score (nSPS) is 15.0. The molecule has 27 heavy (non-hydrogen) atoms. The summed E-state index contributed by atoms with van der Waals surface area (Å²) in [5, 5.41) is 4.78. The van der Waals surface area contributed by atoms with Gasteiger partial charge in [-0.05, 0) is 55.5 Å². The molecule has 3 rings (SSSR count). The minimum Gasteiger partial charge on any atom is -0.0805 e. The average Bonchev–Trinajstić information content (AvgIpc) is 3.02. The second-order valence-corrected chi connectivity index (χ2v) is 13.6. The number of hydrogen-bond donors (Lipinski definition) is 0. The van der Waals surface area contributed by atoms with Crippen LogP contribution < -0.4 is 10.4 Å². The second kappa shape index (κ2) is 6.94. The highest BCUT2D eigenvalue weighted by Gasteiger charge is 2.40. The van der Waals surface area contributed by atoms with Crippen LogP contribution in [0, 0.1) is 33.1 Å². The van der Waals surface area contributed by atoms with Gasteiger partial charge in [0, 0.05) is 0 Å². The Hall–Kier alpha value is -1.86. The molecule has 2 aromatic carbocycles. The van der Waals surface area contributed by atoms with Crippen LogP contribution in [0.25, 0.3) is 0 Å². The molecule has 0 fully saturated rings. The quantitative estimate of drug-likeness (QED) is 0.582. The van der Waals surface area contributed by atoms with Crippen LogP contribution in [0.4, 0.5) is 0 Å². The molecule has 0 amide bonds. The fourth-order valence-corrected chi connectivity index (χ4v) is 9.34. The summed E-state index contributed by atoms with van der Waals surface area (Å²) in [5.41, 5.74) is 7.21. The summed E-state index contributed by atoms with van der Waals surface area (Å²) in [4.78, 5) is 0. The van der Waals surface area contributed by atoms with E-state index in [4.69, 9.17) is 0 Å². The van der Waals surface area contributed by atoms with Crippen molar-refractivity contribution < 1.29 is 0 Å². The first kappa shape index (κ1) is 19.9. The Kier molecular flexibility index (Phi) is 5.11. The van der Waals surface area contributed by atoms with Crippen molar-refractivity contribution in [2.75, 3.05) is 0 Å². The summed E-state index contributed by atoms with van der Waals surface area (Å²) in [7, 11) is -2.05. The Balaban J connectivity index is 2.37. The third-order valence-electron chi connectivity index (χ3n) is 5.94. The second-order valence-electron chi connectivity index (χ2n) is 9.63. The lowest BCUT2D eigenvalue weighted by Gasteiger charge is -2.35. The number of allylic oxidation sites excluding steroid dienone is 4. The summed E-state index contributed by atoms with van der Waals surface area (Å²) in [6, 6.07) is 14.4. The summed E-state index contributed by atoms with van der Waals surface area (Å²) in [5.74, 6) is 0. The smallest absolute Gasteiger partial charge is 0.0805 e. The number of rotatable bonds is 3. The van der Waals surface area contributed by atoms with E-state index in [1.54, 1.807) is 21.1 Å². The third-order valence-corrected chi connectivity index (χ3v) is 10.5. The summed E-state index contributed by atoms with van der Waals surface area (Å²) < 4.78 is 0. The van der Waals surface area contributed by atoms with Crippen LogP contribution in [0.3, 0.4) is 0 Å². The lowest BCUT2D eigenvalue weighted by molar-refractivity contribution is 0.516. The van der Waals surface area contributed by atoms with Crippen LogP contribution >= 0.6 is 0 Å². The predicted molar refractivity (Wildman–Crippen MR) is 123 cm³/mol. The maximum Gasteiger partial charge on any atom is 0.142 e. The van der Waals surface area contributed by atoms with Crippen LogP contribution in [0.1, 0.15) is 49.4 Å². The lowest BCUT2D eigenvalue weighted by Crippen LogP contribution is -2.58. The molecule has 142 valence electrons. The zero-order valence-electron chi connectivity index (χ0n) is 18.3. The molecule has 1 heteroatoms. The predicted octanol–water partition coefficient (Wildman–Crippen LogP) is 5.95. The molecular weight excluding hydrogens is 340 g/mol. The van der Waals surface area contributed by atoms with Crippen LogP contribution in [-0.2, 0) is 0 Å². The molecule has 0 heterocycles. The molecule has 0 saturated heterocycles. The molecule has 0 aliphatic heterocycles. The van der Waals surface area contributed by atoms with Gasteiger partial charge in [0.2, 0.25) is 0 Å². The van der Waals surface area contributed by atoms with Crippen molar-refractivity contribution in [3.8, 4) is 0 Å². The highest BCUT2D eigenvalue weighted by molar-refractivity contribution is 7.06. The first-order valence-corrected chi connectivity index (χ1v) is 12.6. The van der Waals surface area contributed by atoms with Crippen molar-refractivity contribution in [1.82, 2.24) is 0 Å². The molecule has 0 N–H and O–H groups in total. The van der Waals surface area contributed by atoms with Gasteiger partial charge in [0.15, 0.2) is 0 Å². The lowest BCUT2D eigenvalue weighted by atomic mass is 9.87. The van der Waals surface area contributed by atoms with Gasteiger partial charge in [0.1, 0.15) is 8.07 Å². The van der Waals surface area contributed by atoms with E-state index in [9.17, 15) is 0 Å². The van der Waals surface area contributed by atoms with Crippen LogP contribution in [0.2, 0.25) is 6.55 Å². The maximum absolute atomic E-state index is 2.57. The van der Waals surface area contributed by atoms with Crippen LogP contribution in [0.15, 0.2) is 59.3 Å². The Morgan fingerprint density at radius 2 is 1.11 bits per heavy atom. The molecular formula is C26H34Si. The van der Waals surface area contributed by atoms with Crippen molar-refractivity contribution in [2.24, 2.45) is 5.41 Å². The minimum atomic E-state index is -2.05. The molecule has 0 atom stereocenters. The summed E-state index contributed by atoms with van der Waals surface area (Å²) >= 11 is 0. The van der Waals surface area contributed by atoms with Gasteiger partial charge in [0.05, 0.1) is 0 Å². The molecule has 0 unspecified atom stereocenters. The van der Waals surface area contributed by atoms with E-state index < -0.39 is 8.07 Å². The highest BCUT2D eigenvalue weighted by atomic mass is 28.3. The van der Waals surface area contributed by atoms with Gasteiger partial charge in [0.25, 0.3) is 0 Å². The molecule has 1 aliphatic carbocycles. The summed E-state index contributed by atoms with van der Waals surface area (Å²) in [6.07, 6.45) is 5.87. The Morgan fingerprint density at radius 1 is 0.704 bits per heavy atom. The monoisotopic (exact) mass is 374 g/mol. The van der Waals surface area contributed by atoms with E-state index in [1.165, 1.54) is 22.3 Å². The highest BCUT2D eigenvalue weighted by Crippen LogP contribution is 2.38. The fourth-order valence-electron chi connectivity index (χ4n) is 4.72. The molecule has 0 bridgehead atoms. The summed E-state index contributed by atoms with van der Waals surface area (Å²) in [6.45, 7) is 18.6. The minimum absolute atomic E-state index is 0.175. The van der Waals surface area contributed by atoms with Gasteiger partial charge < -0.3 is 0 Å². The number of benzene rings is 2. The van der Waals surface area contributed by atoms with E-state index in [0.717, 1.165) is 6.42 Å². The van der Waals surface area contributed by atoms with Gasteiger partial charge in [-0.25, -0.2) is 0 Å². The topological polar surface area (TPSA) is 0 Å². The zero-order valence-corrected chi connectivity index (χ0v) is 19.3. The molecule has 0 spiro atoms. The first-order valence-electron chi connectivity index (χ1n) is 10.1. The third kappa shape index (κ3) is 3.75. The van der Waals surface area contributed by atoms with Crippen molar-refractivity contribution in [3.05, 3.63) is 81.6 Å². The van der Waals surface area contributed by atoms with E-state index in [0.29, 0.717) is 0 Å². The zero-order chi connectivity index (χ0) is 20.0. The van der Waals surface area contributed by atoms with Crippen molar-refractivity contribution in [2.45, 2.75) is 61.4 Å². The maximum atomic E-state index is 2.57. The Bertz CT molecular complexity index is 843.